The van der Waals surface area contributed by atoms with Crippen molar-refractivity contribution in [3.63, 3.8) is 0 Å². The van der Waals surface area contributed by atoms with Gasteiger partial charge in [0.05, 0.1) is 33.6 Å². The second-order valence-electron chi connectivity index (χ2n) is 6.93. The minimum atomic E-state index is -0.0829. The Morgan fingerprint density at radius 2 is 1.40 bits per heavy atom. The monoisotopic (exact) mass is 334 g/mol. The van der Waals surface area contributed by atoms with Gasteiger partial charge in [-0.3, -0.25) is 9.98 Å². The summed E-state index contributed by atoms with van der Waals surface area (Å²) in [5, 5.41) is 35.0. The summed E-state index contributed by atoms with van der Waals surface area (Å²) < 4.78 is 0. The number of aromatic hydroxyl groups is 3. The molecule has 1 aliphatic carbocycles. The Kier molecular flexibility index (Phi) is 2.95. The van der Waals surface area contributed by atoms with Crippen LogP contribution in [0, 0.1) is 0 Å². The van der Waals surface area contributed by atoms with Crippen LogP contribution in [0.3, 0.4) is 0 Å². The van der Waals surface area contributed by atoms with Crippen molar-refractivity contribution in [2.75, 3.05) is 0 Å². The first-order valence-electron chi connectivity index (χ1n) is 8.69. The van der Waals surface area contributed by atoms with E-state index in [1.165, 1.54) is 0 Å². The van der Waals surface area contributed by atoms with Gasteiger partial charge in [0.1, 0.15) is 17.2 Å². The number of phenolic OH excluding ortho intramolecular Hbond substituents is 3. The van der Waals surface area contributed by atoms with Gasteiger partial charge >= 0.3 is 0 Å². The Morgan fingerprint density at radius 1 is 0.800 bits per heavy atom. The van der Waals surface area contributed by atoms with E-state index in [1.54, 1.807) is 30.3 Å². The lowest BCUT2D eigenvalue weighted by molar-refractivity contribution is 0.369. The van der Waals surface area contributed by atoms with Crippen molar-refractivity contribution in [2.24, 2.45) is 9.98 Å². The molecule has 0 aromatic heterocycles. The Hall–Kier alpha value is -2.82. The highest BCUT2D eigenvalue weighted by molar-refractivity contribution is 6.12. The largest absolute Gasteiger partial charge is 0.507 e. The Labute approximate surface area is 143 Å². The zero-order valence-corrected chi connectivity index (χ0v) is 13.6. The molecule has 3 aromatic rings. The highest BCUT2D eigenvalue weighted by atomic mass is 16.3. The second kappa shape index (κ2) is 5.09. The van der Waals surface area contributed by atoms with Crippen LogP contribution in [-0.4, -0.2) is 27.4 Å². The molecule has 126 valence electrons. The van der Waals surface area contributed by atoms with Crippen molar-refractivity contribution in [2.45, 2.75) is 37.8 Å². The number of hydrogen-bond acceptors (Lipinski definition) is 5. The van der Waals surface area contributed by atoms with Crippen LogP contribution in [0.4, 0.5) is 0 Å². The molecule has 1 fully saturated rings. The SMILES string of the molecule is Oc1cc2c(c3c(O)c4ccccc4c(O)c13)=N[C@@H]1CCCC[C@@H]1N=2. The third kappa shape index (κ3) is 1.95. The van der Waals surface area contributed by atoms with E-state index in [-0.39, 0.29) is 34.7 Å². The topological polar surface area (TPSA) is 85.4 Å². The molecule has 5 rings (SSSR count). The van der Waals surface area contributed by atoms with Crippen molar-refractivity contribution in [3.8, 4) is 17.2 Å². The van der Waals surface area contributed by atoms with Gasteiger partial charge in [0.2, 0.25) is 0 Å². The molecule has 2 aliphatic rings. The lowest BCUT2D eigenvalue weighted by Gasteiger charge is -2.28. The van der Waals surface area contributed by atoms with Crippen LogP contribution in [-0.2, 0) is 0 Å². The standard InChI is InChI=1S/C20H18N2O3/c23-15-9-14-18(22-13-8-4-3-7-12(13)21-14)17-16(15)19(24)10-5-1-2-6-11(10)20(17)25/h1-2,5-6,9,12-13,23-25H,3-4,7-8H2/t12-,13+/m0/s1. The van der Waals surface area contributed by atoms with Crippen molar-refractivity contribution >= 4 is 21.5 Å². The van der Waals surface area contributed by atoms with Gasteiger partial charge in [-0.2, -0.15) is 0 Å². The zero-order chi connectivity index (χ0) is 17.1. The average Bonchev–Trinajstić information content (AvgIpc) is 2.64. The van der Waals surface area contributed by atoms with Crippen molar-refractivity contribution in [1.29, 1.82) is 0 Å². The lowest BCUT2D eigenvalue weighted by Crippen LogP contribution is -2.41. The quantitative estimate of drug-likeness (QED) is 0.436. The molecule has 1 saturated carbocycles. The van der Waals surface area contributed by atoms with Crippen LogP contribution in [0.25, 0.3) is 21.5 Å². The summed E-state index contributed by atoms with van der Waals surface area (Å²) in [5.74, 6) is -0.0889. The smallest absolute Gasteiger partial charge is 0.135 e. The van der Waals surface area contributed by atoms with Crippen LogP contribution < -0.4 is 10.7 Å². The Balaban J connectivity index is 2.00. The fourth-order valence-electron chi connectivity index (χ4n) is 4.25. The molecule has 0 bridgehead atoms. The maximum atomic E-state index is 10.9. The van der Waals surface area contributed by atoms with Gasteiger partial charge in [0, 0.05) is 16.8 Å². The molecular formula is C20H18N2O3. The van der Waals surface area contributed by atoms with Crippen molar-refractivity contribution in [3.05, 3.63) is 41.0 Å². The van der Waals surface area contributed by atoms with Crippen LogP contribution in [0.5, 0.6) is 17.2 Å². The van der Waals surface area contributed by atoms with E-state index in [1.807, 2.05) is 0 Å². The van der Waals surface area contributed by atoms with Crippen LogP contribution in [0.2, 0.25) is 0 Å². The van der Waals surface area contributed by atoms with E-state index in [0.29, 0.717) is 26.9 Å². The maximum absolute atomic E-state index is 10.9. The van der Waals surface area contributed by atoms with Crippen LogP contribution >= 0.6 is 0 Å². The normalized spacial score (nSPS) is 22.1. The Morgan fingerprint density at radius 3 is 2.08 bits per heavy atom. The molecule has 0 radical (unpaired) electrons. The molecule has 3 N–H and O–H groups in total. The first kappa shape index (κ1) is 14.5. The number of nitrogens with zero attached hydrogens (tertiary/aromatic N) is 2. The van der Waals surface area contributed by atoms with Crippen LogP contribution in [0.1, 0.15) is 25.7 Å². The highest BCUT2D eigenvalue weighted by Gasteiger charge is 2.28. The van der Waals surface area contributed by atoms with E-state index < -0.39 is 0 Å². The average molecular weight is 334 g/mol. The van der Waals surface area contributed by atoms with E-state index in [4.69, 9.17) is 9.98 Å². The molecule has 0 saturated heterocycles. The number of rotatable bonds is 0. The molecule has 5 heteroatoms. The van der Waals surface area contributed by atoms with Crippen LogP contribution in [0.15, 0.2) is 40.3 Å². The van der Waals surface area contributed by atoms with Gasteiger partial charge in [-0.15, -0.1) is 0 Å². The van der Waals surface area contributed by atoms with E-state index in [0.717, 1.165) is 25.7 Å². The van der Waals surface area contributed by atoms with E-state index in [2.05, 4.69) is 0 Å². The predicted octanol–water partition coefficient (Wildman–Crippen LogP) is 2.67. The molecule has 0 amide bonds. The molecule has 2 atom stereocenters. The van der Waals surface area contributed by atoms with Gasteiger partial charge < -0.3 is 15.3 Å². The number of phenols is 3. The predicted molar refractivity (Wildman–Crippen MR) is 94.8 cm³/mol. The summed E-state index contributed by atoms with van der Waals surface area (Å²) in [4.78, 5) is 9.65. The Bertz CT molecular complexity index is 1150. The molecule has 3 aromatic carbocycles. The summed E-state index contributed by atoms with van der Waals surface area (Å²) >= 11 is 0. The van der Waals surface area contributed by atoms with E-state index in [9.17, 15) is 15.3 Å². The second-order valence-corrected chi connectivity index (χ2v) is 6.93. The fraction of sp³-hybridized carbons (Fsp3) is 0.300. The molecular weight excluding hydrogens is 316 g/mol. The van der Waals surface area contributed by atoms with Gasteiger partial charge in [-0.05, 0) is 12.8 Å². The molecule has 5 nitrogen and oxygen atoms in total. The third-order valence-electron chi connectivity index (χ3n) is 5.46. The van der Waals surface area contributed by atoms with Crippen molar-refractivity contribution in [1.82, 2.24) is 0 Å². The van der Waals surface area contributed by atoms with Gasteiger partial charge in [0.15, 0.2) is 0 Å². The van der Waals surface area contributed by atoms with Gasteiger partial charge in [-0.25, -0.2) is 0 Å². The maximum Gasteiger partial charge on any atom is 0.135 e. The summed E-state index contributed by atoms with van der Waals surface area (Å²) in [5.41, 5.74) is 0. The lowest BCUT2D eigenvalue weighted by atomic mass is 9.90. The molecule has 25 heavy (non-hydrogen) atoms. The number of fused-ring (bicyclic) bond motifs is 5. The summed E-state index contributed by atoms with van der Waals surface area (Å²) in [6, 6.07) is 8.89. The third-order valence-corrected chi connectivity index (χ3v) is 5.46. The summed E-state index contributed by atoms with van der Waals surface area (Å²) in [6.45, 7) is 0. The number of hydrogen-bond donors (Lipinski definition) is 3. The van der Waals surface area contributed by atoms with Crippen molar-refractivity contribution < 1.29 is 15.3 Å². The van der Waals surface area contributed by atoms with Gasteiger partial charge in [-0.1, -0.05) is 37.1 Å². The summed E-state index contributed by atoms with van der Waals surface area (Å²) in [7, 11) is 0. The molecule has 1 heterocycles. The first-order valence-corrected chi connectivity index (χ1v) is 8.69. The summed E-state index contributed by atoms with van der Waals surface area (Å²) in [6.07, 6.45) is 4.26. The molecule has 0 unspecified atom stereocenters. The van der Waals surface area contributed by atoms with E-state index >= 15 is 0 Å². The molecule has 1 aliphatic heterocycles. The number of benzene rings is 3. The fourth-order valence-corrected chi connectivity index (χ4v) is 4.25. The minimum Gasteiger partial charge on any atom is -0.507 e. The van der Waals surface area contributed by atoms with Gasteiger partial charge in [0.25, 0.3) is 0 Å². The first-order chi connectivity index (χ1) is 12.1. The minimum absolute atomic E-state index is 0.0313. The molecule has 0 spiro atoms. The highest BCUT2D eigenvalue weighted by Crippen LogP contribution is 2.43. The zero-order valence-electron chi connectivity index (χ0n) is 13.6.